The number of rotatable bonds is 2. The van der Waals surface area contributed by atoms with Gasteiger partial charge in [-0.1, -0.05) is 31.5 Å². The molecule has 1 aliphatic rings. The Labute approximate surface area is 112 Å². The van der Waals surface area contributed by atoms with E-state index in [4.69, 9.17) is 11.6 Å². The highest BCUT2D eigenvalue weighted by Crippen LogP contribution is 2.37. The second-order valence-corrected chi connectivity index (χ2v) is 6.08. The number of carbonyl (C=O) groups excluding carboxylic acids is 1. The molecule has 1 atom stereocenters. The molecule has 1 amide bonds. The molecule has 18 heavy (non-hydrogen) atoms. The number of carbonyl (C=O) groups is 1. The molecule has 1 unspecified atom stereocenters. The van der Waals surface area contributed by atoms with Crippen LogP contribution in [0.2, 0.25) is 5.02 Å². The first-order valence-electron chi connectivity index (χ1n) is 6.14. The molecule has 0 bridgehead atoms. The number of hydrogen-bond acceptors (Lipinski definition) is 1. The van der Waals surface area contributed by atoms with E-state index < -0.39 is 11.7 Å². The van der Waals surface area contributed by atoms with Crippen molar-refractivity contribution in [2.24, 2.45) is 5.41 Å². The summed E-state index contributed by atoms with van der Waals surface area (Å²) >= 11 is 5.87. The summed E-state index contributed by atoms with van der Waals surface area (Å²) in [5.74, 6) is -0.988. The van der Waals surface area contributed by atoms with E-state index in [2.05, 4.69) is 19.2 Å². The number of amides is 1. The Morgan fingerprint density at radius 2 is 2.22 bits per heavy atom. The average Bonchev–Trinajstić information content (AvgIpc) is 2.57. The van der Waals surface area contributed by atoms with Gasteiger partial charge in [0.25, 0.3) is 5.91 Å². The van der Waals surface area contributed by atoms with E-state index in [-0.39, 0.29) is 22.0 Å². The van der Waals surface area contributed by atoms with E-state index in [1.165, 1.54) is 18.2 Å². The Balaban J connectivity index is 2.09. The van der Waals surface area contributed by atoms with E-state index >= 15 is 0 Å². The molecule has 1 aromatic rings. The van der Waals surface area contributed by atoms with Crippen molar-refractivity contribution in [3.05, 3.63) is 34.6 Å². The number of nitrogens with one attached hydrogen (secondary N) is 1. The second-order valence-electron chi connectivity index (χ2n) is 5.67. The zero-order valence-electron chi connectivity index (χ0n) is 10.6. The molecule has 1 aliphatic carbocycles. The van der Waals surface area contributed by atoms with Gasteiger partial charge in [-0.2, -0.15) is 0 Å². The van der Waals surface area contributed by atoms with E-state index in [0.29, 0.717) is 0 Å². The highest BCUT2D eigenvalue weighted by molar-refractivity contribution is 6.33. The van der Waals surface area contributed by atoms with Crippen molar-refractivity contribution in [1.82, 2.24) is 5.32 Å². The maximum Gasteiger partial charge on any atom is 0.255 e. The first-order valence-corrected chi connectivity index (χ1v) is 6.52. The summed E-state index contributed by atoms with van der Waals surface area (Å²) in [6, 6.07) is 4.38. The molecule has 2 rings (SSSR count). The Kier molecular flexibility index (Phi) is 3.62. The van der Waals surface area contributed by atoms with Crippen LogP contribution in [-0.2, 0) is 0 Å². The van der Waals surface area contributed by atoms with Crippen LogP contribution >= 0.6 is 11.6 Å². The smallest absolute Gasteiger partial charge is 0.255 e. The summed E-state index contributed by atoms with van der Waals surface area (Å²) in [6.07, 6.45) is 2.93. The molecular weight excluding hydrogens is 253 g/mol. The molecule has 98 valence electrons. The van der Waals surface area contributed by atoms with Crippen molar-refractivity contribution < 1.29 is 9.18 Å². The van der Waals surface area contributed by atoms with Gasteiger partial charge in [0.1, 0.15) is 5.82 Å². The maximum atomic E-state index is 13.6. The molecule has 0 aromatic heterocycles. The number of benzene rings is 1. The Hall–Kier alpha value is -1.09. The quantitative estimate of drug-likeness (QED) is 0.870. The van der Waals surface area contributed by atoms with Crippen LogP contribution in [0.15, 0.2) is 18.2 Å². The van der Waals surface area contributed by atoms with Crippen molar-refractivity contribution in [1.29, 1.82) is 0 Å². The van der Waals surface area contributed by atoms with Gasteiger partial charge in [0.15, 0.2) is 0 Å². The van der Waals surface area contributed by atoms with Crippen LogP contribution in [0, 0.1) is 11.2 Å². The van der Waals surface area contributed by atoms with Crippen LogP contribution in [0.25, 0.3) is 0 Å². The normalized spacial score (nSPS) is 21.9. The lowest BCUT2D eigenvalue weighted by Gasteiger charge is -2.18. The van der Waals surface area contributed by atoms with Crippen LogP contribution in [0.3, 0.4) is 0 Å². The SMILES string of the molecule is CC1(C)CCC(NC(=O)c2c(F)cccc2Cl)C1. The third kappa shape index (κ3) is 2.83. The minimum absolute atomic E-state index is 0.0520. The lowest BCUT2D eigenvalue weighted by atomic mass is 9.92. The van der Waals surface area contributed by atoms with Gasteiger partial charge in [0.05, 0.1) is 10.6 Å². The predicted octanol–water partition coefficient (Wildman–Crippen LogP) is 3.79. The van der Waals surface area contributed by atoms with E-state index in [0.717, 1.165) is 19.3 Å². The van der Waals surface area contributed by atoms with Crippen LogP contribution in [-0.4, -0.2) is 11.9 Å². The van der Waals surface area contributed by atoms with Crippen LogP contribution < -0.4 is 5.32 Å². The molecule has 0 aliphatic heterocycles. The summed E-state index contributed by atoms with van der Waals surface area (Å²) in [4.78, 5) is 12.0. The monoisotopic (exact) mass is 269 g/mol. The fourth-order valence-corrected chi connectivity index (χ4v) is 2.78. The molecule has 0 saturated heterocycles. The molecule has 1 fully saturated rings. The lowest BCUT2D eigenvalue weighted by molar-refractivity contribution is 0.0932. The number of halogens is 2. The fraction of sp³-hybridized carbons (Fsp3) is 0.500. The summed E-state index contributed by atoms with van der Waals surface area (Å²) < 4.78 is 13.6. The number of hydrogen-bond donors (Lipinski definition) is 1. The largest absolute Gasteiger partial charge is 0.349 e. The van der Waals surface area contributed by atoms with Crippen molar-refractivity contribution in [2.75, 3.05) is 0 Å². The average molecular weight is 270 g/mol. The van der Waals surface area contributed by atoms with E-state index in [1.54, 1.807) is 0 Å². The van der Waals surface area contributed by atoms with Crippen molar-refractivity contribution in [2.45, 2.75) is 39.2 Å². The third-order valence-electron chi connectivity index (χ3n) is 3.49. The summed E-state index contributed by atoms with van der Waals surface area (Å²) in [7, 11) is 0. The molecular formula is C14H17ClFNO. The van der Waals surface area contributed by atoms with Gasteiger partial charge in [0.2, 0.25) is 0 Å². The maximum absolute atomic E-state index is 13.6. The Morgan fingerprint density at radius 1 is 1.50 bits per heavy atom. The summed E-state index contributed by atoms with van der Waals surface area (Å²) in [5.41, 5.74) is 0.195. The minimum Gasteiger partial charge on any atom is -0.349 e. The molecule has 0 radical (unpaired) electrons. The Morgan fingerprint density at radius 3 is 2.78 bits per heavy atom. The van der Waals surface area contributed by atoms with Gasteiger partial charge >= 0.3 is 0 Å². The van der Waals surface area contributed by atoms with Crippen molar-refractivity contribution in [3.63, 3.8) is 0 Å². The first-order chi connectivity index (χ1) is 8.39. The minimum atomic E-state index is -0.572. The topological polar surface area (TPSA) is 29.1 Å². The molecule has 0 heterocycles. The lowest BCUT2D eigenvalue weighted by Crippen LogP contribution is -2.34. The third-order valence-corrected chi connectivity index (χ3v) is 3.81. The van der Waals surface area contributed by atoms with Gasteiger partial charge in [-0.05, 0) is 36.8 Å². The van der Waals surface area contributed by atoms with Crippen LogP contribution in [0.4, 0.5) is 4.39 Å². The molecule has 0 spiro atoms. The zero-order chi connectivity index (χ0) is 13.3. The zero-order valence-corrected chi connectivity index (χ0v) is 11.4. The second kappa shape index (κ2) is 4.88. The fourth-order valence-electron chi connectivity index (χ4n) is 2.53. The molecule has 1 N–H and O–H groups in total. The predicted molar refractivity (Wildman–Crippen MR) is 70.3 cm³/mol. The van der Waals surface area contributed by atoms with Crippen molar-refractivity contribution in [3.8, 4) is 0 Å². The van der Waals surface area contributed by atoms with E-state index in [9.17, 15) is 9.18 Å². The van der Waals surface area contributed by atoms with Crippen LogP contribution in [0.5, 0.6) is 0 Å². The Bertz CT molecular complexity index is 453. The first kappa shape index (κ1) is 13.3. The summed E-state index contributed by atoms with van der Waals surface area (Å²) in [5, 5.41) is 3.03. The molecule has 1 aromatic carbocycles. The van der Waals surface area contributed by atoms with Gasteiger partial charge in [-0.15, -0.1) is 0 Å². The molecule has 2 nitrogen and oxygen atoms in total. The van der Waals surface area contributed by atoms with Gasteiger partial charge in [-0.25, -0.2) is 4.39 Å². The van der Waals surface area contributed by atoms with Crippen molar-refractivity contribution >= 4 is 17.5 Å². The van der Waals surface area contributed by atoms with Gasteiger partial charge < -0.3 is 5.32 Å². The highest BCUT2D eigenvalue weighted by Gasteiger charge is 2.32. The van der Waals surface area contributed by atoms with Gasteiger partial charge in [0, 0.05) is 6.04 Å². The summed E-state index contributed by atoms with van der Waals surface area (Å²) in [6.45, 7) is 4.35. The molecule has 4 heteroatoms. The van der Waals surface area contributed by atoms with Gasteiger partial charge in [-0.3, -0.25) is 4.79 Å². The van der Waals surface area contributed by atoms with Crippen LogP contribution in [0.1, 0.15) is 43.5 Å². The van der Waals surface area contributed by atoms with E-state index in [1.807, 2.05) is 0 Å². The standard InChI is InChI=1S/C14H17ClFNO/c1-14(2)7-6-9(8-14)17-13(18)12-10(15)4-3-5-11(12)16/h3-5,9H,6-8H2,1-2H3,(H,17,18). The molecule has 1 saturated carbocycles. The highest BCUT2D eigenvalue weighted by atomic mass is 35.5.